The molecule has 1 amide bonds. The van der Waals surface area contributed by atoms with Crippen LogP contribution in [0.15, 0.2) is 29.2 Å². The van der Waals surface area contributed by atoms with Gasteiger partial charge in [-0.3, -0.25) is 4.79 Å². The van der Waals surface area contributed by atoms with Gasteiger partial charge in [0.2, 0.25) is 10.0 Å². The first-order chi connectivity index (χ1) is 11.4. The summed E-state index contributed by atoms with van der Waals surface area (Å²) in [4.78, 5) is 14.7. The third kappa shape index (κ3) is 3.98. The standard InChI is InChI=1S/C18H26N2O3S/c1-13-6-10-16(11-7-13)20(2)18(21)14-4-3-5-17(12-14)24(22,23)19-15-8-9-15/h3-5,12-13,15-16,19H,6-11H2,1-2H3. The van der Waals surface area contributed by atoms with Gasteiger partial charge in [-0.25, -0.2) is 13.1 Å². The lowest BCUT2D eigenvalue weighted by Crippen LogP contribution is -2.39. The minimum atomic E-state index is -3.53. The van der Waals surface area contributed by atoms with E-state index in [0.717, 1.165) is 44.4 Å². The topological polar surface area (TPSA) is 66.5 Å². The molecule has 0 aromatic heterocycles. The third-order valence-electron chi connectivity index (χ3n) is 5.14. The Balaban J connectivity index is 1.74. The lowest BCUT2D eigenvalue weighted by Gasteiger charge is -2.33. The van der Waals surface area contributed by atoms with Crippen LogP contribution in [0.3, 0.4) is 0 Å². The van der Waals surface area contributed by atoms with Crippen LogP contribution in [0.4, 0.5) is 0 Å². The van der Waals surface area contributed by atoms with Crippen molar-refractivity contribution in [2.75, 3.05) is 7.05 Å². The normalized spacial score (nSPS) is 24.6. The molecule has 0 bridgehead atoms. The van der Waals surface area contributed by atoms with Gasteiger partial charge in [-0.15, -0.1) is 0 Å². The van der Waals surface area contributed by atoms with Crippen molar-refractivity contribution >= 4 is 15.9 Å². The number of nitrogens with one attached hydrogen (secondary N) is 1. The zero-order chi connectivity index (χ0) is 17.3. The molecule has 0 saturated heterocycles. The lowest BCUT2D eigenvalue weighted by molar-refractivity contribution is 0.0679. The number of rotatable bonds is 5. The first-order valence-electron chi connectivity index (χ1n) is 8.76. The number of carbonyl (C=O) groups is 1. The summed E-state index contributed by atoms with van der Waals surface area (Å²) in [5.74, 6) is 0.629. The van der Waals surface area contributed by atoms with E-state index >= 15 is 0 Å². The Morgan fingerprint density at radius 1 is 1.12 bits per heavy atom. The molecule has 2 aliphatic rings. The highest BCUT2D eigenvalue weighted by Gasteiger charge is 2.29. The van der Waals surface area contributed by atoms with Crippen molar-refractivity contribution in [1.29, 1.82) is 0 Å². The van der Waals surface area contributed by atoms with Crippen LogP contribution < -0.4 is 4.72 Å². The van der Waals surface area contributed by atoms with E-state index in [9.17, 15) is 13.2 Å². The second kappa shape index (κ2) is 6.84. The van der Waals surface area contributed by atoms with Gasteiger partial charge in [-0.1, -0.05) is 13.0 Å². The van der Waals surface area contributed by atoms with Gasteiger partial charge in [0.05, 0.1) is 4.90 Å². The van der Waals surface area contributed by atoms with Crippen molar-refractivity contribution in [2.24, 2.45) is 5.92 Å². The number of nitrogens with zero attached hydrogens (tertiary/aromatic N) is 1. The fourth-order valence-electron chi connectivity index (χ4n) is 3.28. The molecule has 0 atom stereocenters. The van der Waals surface area contributed by atoms with Crippen LogP contribution in [0.5, 0.6) is 0 Å². The molecule has 132 valence electrons. The van der Waals surface area contributed by atoms with E-state index in [1.807, 2.05) is 7.05 Å². The highest BCUT2D eigenvalue weighted by atomic mass is 32.2. The highest BCUT2D eigenvalue weighted by molar-refractivity contribution is 7.89. The first-order valence-corrected chi connectivity index (χ1v) is 10.2. The fourth-order valence-corrected chi connectivity index (χ4v) is 4.63. The molecule has 0 unspecified atom stereocenters. The third-order valence-corrected chi connectivity index (χ3v) is 6.66. The van der Waals surface area contributed by atoms with Crippen LogP contribution in [0.1, 0.15) is 55.8 Å². The Kier molecular flexibility index (Phi) is 4.97. The van der Waals surface area contributed by atoms with E-state index in [1.165, 1.54) is 6.07 Å². The molecule has 6 heteroatoms. The fraction of sp³-hybridized carbons (Fsp3) is 0.611. The van der Waals surface area contributed by atoms with Crippen LogP contribution in [0.2, 0.25) is 0 Å². The van der Waals surface area contributed by atoms with Gasteiger partial charge in [0.25, 0.3) is 5.91 Å². The predicted octanol–water partition coefficient (Wildman–Crippen LogP) is 2.78. The molecular weight excluding hydrogens is 324 g/mol. The van der Waals surface area contributed by atoms with E-state index in [1.54, 1.807) is 23.1 Å². The molecule has 1 aromatic rings. The number of hydrogen-bond donors (Lipinski definition) is 1. The van der Waals surface area contributed by atoms with Crippen molar-refractivity contribution in [2.45, 2.75) is 62.4 Å². The molecule has 0 radical (unpaired) electrons. The van der Waals surface area contributed by atoms with E-state index in [2.05, 4.69) is 11.6 Å². The van der Waals surface area contributed by atoms with Crippen LogP contribution in [0.25, 0.3) is 0 Å². The summed E-state index contributed by atoms with van der Waals surface area (Å²) >= 11 is 0. The van der Waals surface area contributed by atoms with Gasteiger partial charge < -0.3 is 4.90 Å². The van der Waals surface area contributed by atoms with E-state index in [4.69, 9.17) is 0 Å². The number of carbonyl (C=O) groups excluding carboxylic acids is 1. The van der Waals surface area contributed by atoms with Gasteiger partial charge in [0.1, 0.15) is 0 Å². The van der Waals surface area contributed by atoms with Crippen molar-refractivity contribution in [1.82, 2.24) is 9.62 Å². The Hall–Kier alpha value is -1.40. The Labute approximate surface area is 144 Å². The zero-order valence-electron chi connectivity index (χ0n) is 14.4. The van der Waals surface area contributed by atoms with E-state index in [-0.39, 0.29) is 22.9 Å². The maximum Gasteiger partial charge on any atom is 0.253 e. The van der Waals surface area contributed by atoms with Gasteiger partial charge in [-0.05, 0) is 62.6 Å². The summed E-state index contributed by atoms with van der Waals surface area (Å²) in [5.41, 5.74) is 0.440. The number of hydrogen-bond acceptors (Lipinski definition) is 3. The van der Waals surface area contributed by atoms with E-state index < -0.39 is 10.0 Å². The minimum absolute atomic E-state index is 0.0567. The number of sulfonamides is 1. The van der Waals surface area contributed by atoms with Crippen molar-refractivity contribution in [3.63, 3.8) is 0 Å². The van der Waals surface area contributed by atoms with Crippen LogP contribution in [-0.2, 0) is 10.0 Å². The Morgan fingerprint density at radius 3 is 2.42 bits per heavy atom. The molecule has 3 rings (SSSR count). The first kappa shape index (κ1) is 17.4. The van der Waals surface area contributed by atoms with Crippen LogP contribution in [-0.4, -0.2) is 38.4 Å². The van der Waals surface area contributed by atoms with Crippen LogP contribution in [0, 0.1) is 5.92 Å². The number of amides is 1. The largest absolute Gasteiger partial charge is 0.339 e. The van der Waals surface area contributed by atoms with Gasteiger partial charge in [0.15, 0.2) is 0 Å². The van der Waals surface area contributed by atoms with Crippen molar-refractivity contribution in [3.05, 3.63) is 29.8 Å². The van der Waals surface area contributed by atoms with Gasteiger partial charge >= 0.3 is 0 Å². The van der Waals surface area contributed by atoms with Crippen molar-refractivity contribution in [3.8, 4) is 0 Å². The smallest absolute Gasteiger partial charge is 0.253 e. The average Bonchev–Trinajstić information content (AvgIpc) is 3.37. The molecule has 2 aliphatic carbocycles. The zero-order valence-corrected chi connectivity index (χ0v) is 15.2. The van der Waals surface area contributed by atoms with E-state index in [0.29, 0.717) is 5.56 Å². The summed E-state index contributed by atoms with van der Waals surface area (Å²) in [5, 5.41) is 0. The minimum Gasteiger partial charge on any atom is -0.339 e. The molecule has 0 aliphatic heterocycles. The molecule has 1 aromatic carbocycles. The second-order valence-electron chi connectivity index (χ2n) is 7.25. The molecule has 0 spiro atoms. The molecule has 24 heavy (non-hydrogen) atoms. The summed E-state index contributed by atoms with van der Waals surface area (Å²) in [6.45, 7) is 2.25. The van der Waals surface area contributed by atoms with Gasteiger partial charge in [0, 0.05) is 24.7 Å². The SMILES string of the molecule is CC1CCC(N(C)C(=O)c2cccc(S(=O)(=O)NC3CC3)c2)CC1. The monoisotopic (exact) mass is 350 g/mol. The highest BCUT2D eigenvalue weighted by Crippen LogP contribution is 2.28. The van der Waals surface area contributed by atoms with Crippen molar-refractivity contribution < 1.29 is 13.2 Å². The maximum absolute atomic E-state index is 12.7. The lowest BCUT2D eigenvalue weighted by atomic mass is 9.86. The summed E-state index contributed by atoms with van der Waals surface area (Å²) in [7, 11) is -1.71. The molecule has 0 heterocycles. The molecule has 5 nitrogen and oxygen atoms in total. The average molecular weight is 350 g/mol. The summed E-state index contributed by atoms with van der Waals surface area (Å²) in [6.07, 6.45) is 6.10. The molecular formula is C18H26N2O3S. The number of benzene rings is 1. The predicted molar refractivity (Wildman–Crippen MR) is 93.3 cm³/mol. The van der Waals surface area contributed by atoms with Gasteiger partial charge in [-0.2, -0.15) is 0 Å². The molecule has 2 fully saturated rings. The Morgan fingerprint density at radius 2 is 1.79 bits per heavy atom. The summed E-state index contributed by atoms with van der Waals surface area (Å²) in [6, 6.07) is 6.69. The molecule has 1 N–H and O–H groups in total. The quantitative estimate of drug-likeness (QED) is 0.888. The Bertz CT molecular complexity index is 705. The van der Waals surface area contributed by atoms with Crippen LogP contribution >= 0.6 is 0 Å². The molecule has 2 saturated carbocycles. The summed E-state index contributed by atoms with van der Waals surface area (Å²) < 4.78 is 27.3. The maximum atomic E-state index is 12.7. The second-order valence-corrected chi connectivity index (χ2v) is 8.97.